The number of nitrogens with zero attached hydrogens (tertiary/aromatic N) is 4. The Hall–Kier alpha value is -3.73. The third-order valence-corrected chi connectivity index (χ3v) is 5.44. The van der Waals surface area contributed by atoms with Crippen LogP contribution in [0.1, 0.15) is 16.7 Å². The Morgan fingerprint density at radius 2 is 1.60 bits per heavy atom. The lowest BCUT2D eigenvalue weighted by Gasteiger charge is -2.30. The predicted molar refractivity (Wildman–Crippen MR) is 120 cm³/mol. The van der Waals surface area contributed by atoms with Crippen LogP contribution >= 0.6 is 0 Å². The molecule has 148 valence electrons. The quantitative estimate of drug-likeness (QED) is 0.532. The first kappa shape index (κ1) is 18.3. The maximum Gasteiger partial charge on any atom is 0.225 e. The topological polar surface area (TPSA) is 53.9 Å². The molecule has 0 saturated heterocycles. The van der Waals surface area contributed by atoms with Crippen LogP contribution in [-0.4, -0.2) is 21.5 Å². The second-order valence-electron chi connectivity index (χ2n) is 7.45. The Bertz CT molecular complexity index is 1130. The van der Waals surface area contributed by atoms with E-state index in [-0.39, 0.29) is 0 Å². The van der Waals surface area contributed by atoms with Gasteiger partial charge in [0.2, 0.25) is 5.95 Å². The van der Waals surface area contributed by atoms with Gasteiger partial charge in [-0.05, 0) is 35.2 Å². The zero-order valence-electron chi connectivity index (χ0n) is 16.7. The number of aromatic nitrogens is 3. The molecule has 0 atom stereocenters. The Balaban J connectivity index is 1.47. The number of anilines is 2. The summed E-state index contributed by atoms with van der Waals surface area (Å²) >= 11 is 0. The lowest BCUT2D eigenvalue weighted by Crippen LogP contribution is -2.31. The van der Waals surface area contributed by atoms with Gasteiger partial charge in [0.05, 0.1) is 5.69 Å². The highest BCUT2D eigenvalue weighted by Crippen LogP contribution is 2.27. The van der Waals surface area contributed by atoms with E-state index in [0.29, 0.717) is 12.5 Å². The summed E-state index contributed by atoms with van der Waals surface area (Å²) < 4.78 is 0. The molecule has 0 amide bonds. The zero-order valence-corrected chi connectivity index (χ0v) is 16.7. The van der Waals surface area contributed by atoms with Crippen molar-refractivity contribution < 1.29 is 0 Å². The molecule has 1 aliphatic heterocycles. The molecule has 4 aromatic rings. The van der Waals surface area contributed by atoms with E-state index in [0.717, 1.165) is 42.1 Å². The first-order chi connectivity index (χ1) is 14.8. The van der Waals surface area contributed by atoms with Gasteiger partial charge in [-0.3, -0.25) is 4.98 Å². The summed E-state index contributed by atoms with van der Waals surface area (Å²) in [7, 11) is 0. The van der Waals surface area contributed by atoms with Gasteiger partial charge in [0, 0.05) is 43.7 Å². The smallest absolute Gasteiger partial charge is 0.225 e. The van der Waals surface area contributed by atoms with Crippen molar-refractivity contribution in [2.75, 3.05) is 16.8 Å². The van der Waals surface area contributed by atoms with Gasteiger partial charge in [0.25, 0.3) is 0 Å². The van der Waals surface area contributed by atoms with Gasteiger partial charge in [0.15, 0.2) is 0 Å². The predicted octanol–water partition coefficient (Wildman–Crippen LogP) is 4.71. The van der Waals surface area contributed by atoms with Crippen LogP contribution < -0.4 is 10.2 Å². The van der Waals surface area contributed by atoms with E-state index in [1.54, 1.807) is 12.4 Å². The summed E-state index contributed by atoms with van der Waals surface area (Å²) in [6.07, 6.45) is 4.63. The molecule has 0 bridgehead atoms. The van der Waals surface area contributed by atoms with E-state index in [4.69, 9.17) is 9.97 Å². The van der Waals surface area contributed by atoms with Crippen LogP contribution in [0.4, 0.5) is 11.8 Å². The fourth-order valence-electron chi connectivity index (χ4n) is 3.81. The number of benzene rings is 2. The standard InChI is InChI=1S/C25H23N5/c1-2-7-21(8-3-1)23-16-24(30-15-12-20-6-4-5-9-22(20)18-30)29-25(28-23)27-17-19-10-13-26-14-11-19/h1-11,13-14,16H,12,15,17-18H2,(H,27,28,29). The first-order valence-electron chi connectivity index (χ1n) is 10.2. The average Bonchev–Trinajstić information content (AvgIpc) is 2.83. The Morgan fingerprint density at radius 3 is 2.43 bits per heavy atom. The maximum absolute atomic E-state index is 4.86. The van der Waals surface area contributed by atoms with E-state index in [2.05, 4.69) is 57.7 Å². The minimum Gasteiger partial charge on any atom is -0.352 e. The molecule has 0 saturated carbocycles. The van der Waals surface area contributed by atoms with Gasteiger partial charge in [-0.15, -0.1) is 0 Å². The summed E-state index contributed by atoms with van der Waals surface area (Å²) in [6, 6.07) is 25.0. The highest BCUT2D eigenvalue weighted by molar-refractivity contribution is 5.65. The number of hydrogen-bond acceptors (Lipinski definition) is 5. The number of fused-ring (bicyclic) bond motifs is 1. The monoisotopic (exact) mass is 393 g/mol. The fourth-order valence-corrected chi connectivity index (χ4v) is 3.81. The van der Waals surface area contributed by atoms with E-state index >= 15 is 0 Å². The normalized spacial score (nSPS) is 13.0. The van der Waals surface area contributed by atoms with E-state index in [9.17, 15) is 0 Å². The number of hydrogen-bond donors (Lipinski definition) is 1. The van der Waals surface area contributed by atoms with Crippen molar-refractivity contribution in [3.63, 3.8) is 0 Å². The summed E-state index contributed by atoms with van der Waals surface area (Å²) in [6.45, 7) is 2.47. The van der Waals surface area contributed by atoms with Gasteiger partial charge in [0.1, 0.15) is 5.82 Å². The molecule has 2 aromatic carbocycles. The number of pyridine rings is 1. The third-order valence-electron chi connectivity index (χ3n) is 5.44. The summed E-state index contributed by atoms with van der Waals surface area (Å²) in [5, 5.41) is 3.39. The Labute approximate surface area is 176 Å². The van der Waals surface area contributed by atoms with Crippen molar-refractivity contribution in [2.24, 2.45) is 0 Å². The van der Waals surface area contributed by atoms with Gasteiger partial charge in [-0.2, -0.15) is 4.98 Å². The van der Waals surface area contributed by atoms with E-state index < -0.39 is 0 Å². The minimum atomic E-state index is 0.641. The van der Waals surface area contributed by atoms with Crippen LogP contribution in [0.25, 0.3) is 11.3 Å². The molecule has 1 N–H and O–H groups in total. The van der Waals surface area contributed by atoms with Crippen molar-refractivity contribution in [1.29, 1.82) is 0 Å². The zero-order chi connectivity index (χ0) is 20.2. The van der Waals surface area contributed by atoms with Crippen LogP contribution in [0.3, 0.4) is 0 Å². The highest BCUT2D eigenvalue weighted by atomic mass is 15.2. The molecule has 5 nitrogen and oxygen atoms in total. The maximum atomic E-state index is 4.86. The van der Waals surface area contributed by atoms with Crippen molar-refractivity contribution in [2.45, 2.75) is 19.5 Å². The Kier molecular flexibility index (Phi) is 5.08. The molecule has 0 radical (unpaired) electrons. The van der Waals surface area contributed by atoms with Crippen LogP contribution in [-0.2, 0) is 19.5 Å². The van der Waals surface area contributed by atoms with Gasteiger partial charge in [-0.1, -0.05) is 54.6 Å². The highest BCUT2D eigenvalue weighted by Gasteiger charge is 2.19. The Morgan fingerprint density at radius 1 is 0.833 bits per heavy atom. The lowest BCUT2D eigenvalue weighted by molar-refractivity contribution is 0.720. The number of rotatable bonds is 5. The summed E-state index contributed by atoms with van der Waals surface area (Å²) in [5.74, 6) is 1.60. The molecule has 5 heteroatoms. The van der Waals surface area contributed by atoms with Crippen molar-refractivity contribution in [3.8, 4) is 11.3 Å². The number of nitrogens with one attached hydrogen (secondary N) is 1. The molecule has 0 spiro atoms. The van der Waals surface area contributed by atoms with E-state index in [1.165, 1.54) is 11.1 Å². The van der Waals surface area contributed by atoms with Crippen LogP contribution in [0, 0.1) is 0 Å². The molecular formula is C25H23N5. The molecular weight excluding hydrogens is 370 g/mol. The van der Waals surface area contributed by atoms with Crippen molar-refractivity contribution in [1.82, 2.24) is 15.0 Å². The minimum absolute atomic E-state index is 0.641. The van der Waals surface area contributed by atoms with Crippen molar-refractivity contribution in [3.05, 3.63) is 102 Å². The van der Waals surface area contributed by atoms with E-state index in [1.807, 2.05) is 30.3 Å². The molecule has 5 rings (SSSR count). The van der Waals surface area contributed by atoms with Crippen molar-refractivity contribution >= 4 is 11.8 Å². The molecule has 0 fully saturated rings. The molecule has 0 aliphatic carbocycles. The third kappa shape index (κ3) is 4.01. The second kappa shape index (κ2) is 8.33. The molecule has 0 unspecified atom stereocenters. The SMILES string of the molecule is c1ccc(-c2cc(N3CCc4ccccc4C3)nc(NCc3ccncc3)n2)cc1. The first-order valence-corrected chi connectivity index (χ1v) is 10.2. The summed E-state index contributed by atoms with van der Waals surface area (Å²) in [5.41, 5.74) is 5.96. The molecule has 3 heterocycles. The second-order valence-corrected chi connectivity index (χ2v) is 7.45. The molecule has 1 aliphatic rings. The summed E-state index contributed by atoms with van der Waals surface area (Å²) in [4.78, 5) is 16.1. The molecule has 30 heavy (non-hydrogen) atoms. The van der Waals surface area contributed by atoms with Gasteiger partial charge < -0.3 is 10.2 Å². The molecule has 2 aromatic heterocycles. The fraction of sp³-hybridized carbons (Fsp3) is 0.160. The largest absolute Gasteiger partial charge is 0.352 e. The van der Waals surface area contributed by atoms with Crippen LogP contribution in [0.2, 0.25) is 0 Å². The lowest BCUT2D eigenvalue weighted by atomic mass is 10.00. The van der Waals surface area contributed by atoms with Gasteiger partial charge in [-0.25, -0.2) is 4.98 Å². The van der Waals surface area contributed by atoms with Crippen LogP contribution in [0.5, 0.6) is 0 Å². The van der Waals surface area contributed by atoms with Crippen LogP contribution in [0.15, 0.2) is 85.2 Å². The van der Waals surface area contributed by atoms with Gasteiger partial charge >= 0.3 is 0 Å². The average molecular weight is 393 g/mol.